The molecule has 0 aliphatic carbocycles. The maximum absolute atomic E-state index is 11.6. The van der Waals surface area contributed by atoms with Crippen LogP contribution < -0.4 is 5.32 Å². The second-order valence-corrected chi connectivity index (χ2v) is 7.44. The van der Waals surface area contributed by atoms with E-state index in [4.69, 9.17) is 16.0 Å². The van der Waals surface area contributed by atoms with E-state index in [2.05, 4.69) is 10.3 Å². The van der Waals surface area contributed by atoms with E-state index in [1.54, 1.807) is 24.5 Å². The van der Waals surface area contributed by atoms with Crippen molar-refractivity contribution in [3.05, 3.63) is 45.6 Å². The van der Waals surface area contributed by atoms with Gasteiger partial charge >= 0.3 is 0 Å². The molecule has 0 spiro atoms. The third-order valence-electron chi connectivity index (χ3n) is 3.20. The van der Waals surface area contributed by atoms with Crippen LogP contribution in [0.15, 0.2) is 39.9 Å². The maximum Gasteiger partial charge on any atom is 0.290 e. The zero-order valence-corrected chi connectivity index (χ0v) is 13.7. The van der Waals surface area contributed by atoms with Gasteiger partial charge < -0.3 is 4.42 Å². The molecule has 1 saturated heterocycles. The number of pyridine rings is 1. The lowest BCUT2D eigenvalue weighted by Crippen LogP contribution is -2.17. The minimum absolute atomic E-state index is 0.308. The Hall–Kier alpha value is -2.09. The van der Waals surface area contributed by atoms with Crippen molar-refractivity contribution < 1.29 is 14.0 Å². The molecule has 1 fully saturated rings. The summed E-state index contributed by atoms with van der Waals surface area (Å²) in [6.45, 7) is 0. The largest absolute Gasteiger partial charge is 0.456 e. The molecule has 2 amide bonds. The highest BCUT2D eigenvalue weighted by molar-refractivity contribution is 8.18. The van der Waals surface area contributed by atoms with Gasteiger partial charge in [-0.3, -0.25) is 19.9 Å². The summed E-state index contributed by atoms with van der Waals surface area (Å²) < 4.78 is 6.53. The monoisotopic (exact) mass is 362 g/mol. The number of nitrogens with zero attached hydrogens (tertiary/aromatic N) is 1. The van der Waals surface area contributed by atoms with Crippen molar-refractivity contribution in [2.24, 2.45) is 0 Å². The van der Waals surface area contributed by atoms with E-state index in [9.17, 15) is 9.59 Å². The number of hydrogen-bond donors (Lipinski definition) is 1. The molecule has 5 nitrogen and oxygen atoms in total. The molecule has 0 radical (unpaired) electrons. The predicted octanol–water partition coefficient (Wildman–Crippen LogP) is 4.53. The smallest absolute Gasteiger partial charge is 0.290 e. The van der Waals surface area contributed by atoms with Gasteiger partial charge in [0, 0.05) is 28.7 Å². The number of imide groups is 1. The fourth-order valence-electron chi connectivity index (χ4n) is 2.24. The van der Waals surface area contributed by atoms with Crippen LogP contribution in [0.4, 0.5) is 4.79 Å². The standard InChI is InChI=1S/C15H7ClN2O3S2/c16-12-2-1-10(22-12)9-6-17-5-7-3-8(21-13(7)9)4-11-14(19)18-15(20)23-11/h1-6H,(H,18,19,20)/b11-4-. The van der Waals surface area contributed by atoms with Crippen LogP contribution in [0.1, 0.15) is 5.76 Å². The summed E-state index contributed by atoms with van der Waals surface area (Å²) in [4.78, 5) is 28.3. The molecule has 4 rings (SSSR count). The minimum Gasteiger partial charge on any atom is -0.456 e. The molecule has 3 aromatic heterocycles. The first-order valence-electron chi connectivity index (χ1n) is 6.48. The number of furan rings is 1. The molecule has 8 heteroatoms. The quantitative estimate of drug-likeness (QED) is 0.678. The predicted molar refractivity (Wildman–Crippen MR) is 91.4 cm³/mol. The molecule has 114 valence electrons. The highest BCUT2D eigenvalue weighted by Crippen LogP contribution is 2.36. The molecule has 23 heavy (non-hydrogen) atoms. The van der Waals surface area contributed by atoms with E-state index in [0.29, 0.717) is 20.6 Å². The minimum atomic E-state index is -0.413. The molecule has 1 N–H and O–H groups in total. The van der Waals surface area contributed by atoms with Gasteiger partial charge in [0.25, 0.3) is 11.1 Å². The zero-order chi connectivity index (χ0) is 16.0. The number of nitrogens with one attached hydrogen (secondary N) is 1. The summed E-state index contributed by atoms with van der Waals surface area (Å²) in [5, 5.41) is 2.64. The van der Waals surface area contributed by atoms with E-state index in [1.807, 2.05) is 12.1 Å². The molecule has 0 bridgehead atoms. The van der Waals surface area contributed by atoms with Crippen LogP contribution in [0.3, 0.4) is 0 Å². The van der Waals surface area contributed by atoms with Crippen LogP contribution in [0, 0.1) is 0 Å². The zero-order valence-electron chi connectivity index (χ0n) is 11.3. The number of thiophene rings is 1. The first-order chi connectivity index (χ1) is 11.1. The van der Waals surface area contributed by atoms with Crippen molar-refractivity contribution in [3.8, 4) is 10.4 Å². The Morgan fingerprint density at radius 1 is 1.26 bits per heavy atom. The summed E-state index contributed by atoms with van der Waals surface area (Å²) in [5.74, 6) is 0.0769. The number of rotatable bonds is 2. The van der Waals surface area contributed by atoms with Crippen LogP contribution in [0.5, 0.6) is 0 Å². The van der Waals surface area contributed by atoms with Gasteiger partial charge in [0.2, 0.25) is 0 Å². The summed E-state index contributed by atoms with van der Waals surface area (Å²) >= 11 is 8.28. The summed E-state index contributed by atoms with van der Waals surface area (Å²) in [6, 6.07) is 5.51. The van der Waals surface area contributed by atoms with Crippen molar-refractivity contribution in [2.75, 3.05) is 0 Å². The second kappa shape index (κ2) is 5.52. The maximum atomic E-state index is 11.6. The lowest BCUT2D eigenvalue weighted by molar-refractivity contribution is -0.115. The lowest BCUT2D eigenvalue weighted by Gasteiger charge is -1.97. The average molecular weight is 363 g/mol. The number of carbonyl (C=O) groups is 2. The third-order valence-corrected chi connectivity index (χ3v) is 5.27. The highest BCUT2D eigenvalue weighted by atomic mass is 35.5. The Bertz CT molecular complexity index is 990. The van der Waals surface area contributed by atoms with E-state index >= 15 is 0 Å². The lowest BCUT2D eigenvalue weighted by atomic mass is 10.2. The number of carbonyl (C=O) groups excluding carboxylic acids is 2. The van der Waals surface area contributed by atoms with Crippen molar-refractivity contribution in [2.45, 2.75) is 0 Å². The molecule has 0 aromatic carbocycles. The van der Waals surface area contributed by atoms with Crippen molar-refractivity contribution in [1.82, 2.24) is 10.3 Å². The highest BCUT2D eigenvalue weighted by Gasteiger charge is 2.25. The Labute approximate surface area is 143 Å². The third kappa shape index (κ3) is 2.67. The SMILES string of the molecule is O=C1NC(=O)/C(=C/c2cc3cncc(-c4ccc(Cl)s4)c3o2)S1. The molecular formula is C15H7ClN2O3S2. The van der Waals surface area contributed by atoms with Crippen molar-refractivity contribution in [1.29, 1.82) is 0 Å². The van der Waals surface area contributed by atoms with Crippen LogP contribution in [-0.2, 0) is 4.79 Å². The summed E-state index contributed by atoms with van der Waals surface area (Å²) in [5.41, 5.74) is 1.50. The number of halogens is 1. The number of amides is 2. The first-order valence-corrected chi connectivity index (χ1v) is 8.49. The van der Waals surface area contributed by atoms with E-state index in [-0.39, 0.29) is 5.24 Å². The fraction of sp³-hybridized carbons (Fsp3) is 0. The van der Waals surface area contributed by atoms with Gasteiger partial charge in [-0.25, -0.2) is 0 Å². The molecule has 4 heterocycles. The molecule has 1 aliphatic heterocycles. The number of aromatic nitrogens is 1. The number of hydrogen-bond acceptors (Lipinski definition) is 6. The van der Waals surface area contributed by atoms with Crippen molar-refractivity contribution in [3.63, 3.8) is 0 Å². The van der Waals surface area contributed by atoms with Gasteiger partial charge in [-0.1, -0.05) is 11.6 Å². The van der Waals surface area contributed by atoms with Crippen LogP contribution in [0.2, 0.25) is 4.34 Å². The summed E-state index contributed by atoms with van der Waals surface area (Å²) in [7, 11) is 0. The van der Waals surface area contributed by atoms with Gasteiger partial charge in [-0.2, -0.15) is 0 Å². The molecule has 3 aromatic rings. The Kier molecular flexibility index (Phi) is 3.48. The second-order valence-electron chi connectivity index (χ2n) is 4.71. The van der Waals surface area contributed by atoms with Gasteiger partial charge in [0.05, 0.1) is 14.8 Å². The normalized spacial score (nSPS) is 16.5. The number of fused-ring (bicyclic) bond motifs is 1. The number of thioether (sulfide) groups is 1. The molecular weight excluding hydrogens is 356 g/mol. The topological polar surface area (TPSA) is 72.2 Å². The fourth-order valence-corrected chi connectivity index (χ4v) is 3.95. The average Bonchev–Trinajstić information content (AvgIpc) is 3.18. The van der Waals surface area contributed by atoms with Gasteiger partial charge in [0.15, 0.2) is 0 Å². The Balaban J connectivity index is 1.81. The van der Waals surface area contributed by atoms with Gasteiger partial charge in [-0.15, -0.1) is 11.3 Å². The van der Waals surface area contributed by atoms with E-state index in [0.717, 1.165) is 27.6 Å². The van der Waals surface area contributed by atoms with Crippen LogP contribution in [0.25, 0.3) is 27.5 Å². The molecule has 0 saturated carbocycles. The van der Waals surface area contributed by atoms with E-state index < -0.39 is 5.91 Å². The van der Waals surface area contributed by atoms with Crippen LogP contribution in [-0.4, -0.2) is 16.1 Å². The van der Waals surface area contributed by atoms with E-state index in [1.165, 1.54) is 11.3 Å². The Morgan fingerprint density at radius 3 is 2.83 bits per heavy atom. The molecule has 0 unspecified atom stereocenters. The first kappa shape index (κ1) is 14.5. The van der Waals surface area contributed by atoms with Crippen molar-refractivity contribution >= 4 is 62.9 Å². The molecule has 1 aliphatic rings. The van der Waals surface area contributed by atoms with Gasteiger partial charge in [-0.05, 0) is 30.0 Å². The molecule has 0 atom stereocenters. The summed E-state index contributed by atoms with van der Waals surface area (Å²) in [6.07, 6.45) is 4.95. The van der Waals surface area contributed by atoms with Crippen LogP contribution >= 0.6 is 34.7 Å². The van der Waals surface area contributed by atoms with Gasteiger partial charge in [0.1, 0.15) is 11.3 Å². The Morgan fingerprint density at radius 2 is 2.13 bits per heavy atom.